The van der Waals surface area contributed by atoms with Crippen LogP contribution in [0.2, 0.25) is 0 Å². The molecule has 4 heteroatoms. The van der Waals surface area contributed by atoms with Gasteiger partial charge in [-0.1, -0.05) is 119 Å². The average Bonchev–Trinajstić information content (AvgIpc) is 2.94. The van der Waals surface area contributed by atoms with Crippen LogP contribution >= 0.6 is 0 Å². The number of carbonyl (C=O) groups excluding carboxylic acids is 1. The largest absolute Gasteiger partial charge is 0.485 e. The molecule has 0 fully saturated rings. The van der Waals surface area contributed by atoms with Crippen molar-refractivity contribution >= 4 is 5.97 Å². The smallest absolute Gasteiger partial charge is 0.305 e. The summed E-state index contributed by atoms with van der Waals surface area (Å²) in [6.07, 6.45) is 10.9. The van der Waals surface area contributed by atoms with E-state index in [9.17, 15) is 4.79 Å². The summed E-state index contributed by atoms with van der Waals surface area (Å²) in [5.74, 6) is 1.30. The van der Waals surface area contributed by atoms with Crippen molar-refractivity contribution in [1.82, 2.24) is 0 Å². The van der Waals surface area contributed by atoms with Crippen LogP contribution in [0.1, 0.15) is 81.4 Å². The Morgan fingerprint density at radius 2 is 1.19 bits per heavy atom. The van der Waals surface area contributed by atoms with Crippen LogP contribution in [0.25, 0.3) is 0 Å². The first kappa shape index (κ1) is 28.3. The first-order chi connectivity index (χ1) is 18.2. The van der Waals surface area contributed by atoms with Gasteiger partial charge in [0.15, 0.2) is 11.5 Å². The number of unbranched alkanes of at least 4 members (excludes halogenated alkanes) is 7. The third kappa shape index (κ3) is 11.6. The van der Waals surface area contributed by atoms with Crippen LogP contribution in [0, 0.1) is 0 Å². The standard InChI is InChI=1S/C33H42O4/c1-2-3-4-5-6-7-8-15-20-33(34)35-24-23-28-21-22-31(36-26-29-16-11-9-12-17-29)32(25-28)37-27-30-18-13-10-14-19-30/h9-14,16-19,21-22,25H,2-8,15,20,23-24,26-27H2,1H3. The van der Waals surface area contributed by atoms with Crippen LogP contribution in [0.4, 0.5) is 0 Å². The van der Waals surface area contributed by atoms with Crippen LogP contribution in [0.5, 0.6) is 11.5 Å². The van der Waals surface area contributed by atoms with Crippen LogP contribution in [0.15, 0.2) is 78.9 Å². The molecule has 0 saturated heterocycles. The van der Waals surface area contributed by atoms with Crippen molar-refractivity contribution in [2.75, 3.05) is 6.61 Å². The molecule has 0 heterocycles. The SMILES string of the molecule is CCCCCCCCCCC(=O)OCCc1ccc(OCc2ccccc2)c(OCc2ccccc2)c1. The normalized spacial score (nSPS) is 10.7. The third-order valence-electron chi connectivity index (χ3n) is 6.37. The first-order valence-corrected chi connectivity index (χ1v) is 13.9. The lowest BCUT2D eigenvalue weighted by molar-refractivity contribution is -0.143. The summed E-state index contributed by atoms with van der Waals surface area (Å²) in [5, 5.41) is 0. The van der Waals surface area contributed by atoms with Crippen molar-refractivity contribution in [2.45, 2.75) is 84.3 Å². The van der Waals surface area contributed by atoms with E-state index in [-0.39, 0.29) is 5.97 Å². The number of hydrogen-bond donors (Lipinski definition) is 0. The lowest BCUT2D eigenvalue weighted by Crippen LogP contribution is -2.08. The van der Waals surface area contributed by atoms with Crippen molar-refractivity contribution in [1.29, 1.82) is 0 Å². The maximum absolute atomic E-state index is 12.1. The van der Waals surface area contributed by atoms with Gasteiger partial charge in [-0.2, -0.15) is 0 Å². The van der Waals surface area contributed by atoms with E-state index in [0.717, 1.165) is 29.5 Å². The van der Waals surface area contributed by atoms with Gasteiger partial charge in [-0.3, -0.25) is 4.79 Å². The van der Waals surface area contributed by atoms with E-state index in [1.54, 1.807) is 0 Å². The molecular weight excluding hydrogens is 460 g/mol. The third-order valence-corrected chi connectivity index (χ3v) is 6.37. The Kier molecular flexibility index (Phi) is 13.2. The molecule has 0 saturated carbocycles. The molecule has 0 radical (unpaired) electrons. The highest BCUT2D eigenvalue weighted by Crippen LogP contribution is 2.30. The van der Waals surface area contributed by atoms with Crippen molar-refractivity contribution < 1.29 is 19.0 Å². The van der Waals surface area contributed by atoms with Gasteiger partial charge < -0.3 is 14.2 Å². The molecule has 0 aliphatic heterocycles. The predicted molar refractivity (Wildman–Crippen MR) is 150 cm³/mol. The molecule has 3 aromatic rings. The Morgan fingerprint density at radius 1 is 0.622 bits per heavy atom. The quantitative estimate of drug-likeness (QED) is 0.129. The number of ether oxygens (including phenoxy) is 3. The Bertz CT molecular complexity index is 1020. The second-order valence-electron chi connectivity index (χ2n) is 9.52. The number of rotatable bonds is 18. The number of carbonyl (C=O) groups is 1. The second kappa shape index (κ2) is 17.2. The Labute approximate surface area is 223 Å². The molecule has 3 rings (SSSR count). The topological polar surface area (TPSA) is 44.8 Å². The number of benzene rings is 3. The molecule has 0 amide bonds. The van der Waals surface area contributed by atoms with Crippen molar-refractivity contribution in [2.24, 2.45) is 0 Å². The summed E-state index contributed by atoms with van der Waals surface area (Å²) >= 11 is 0. The zero-order valence-corrected chi connectivity index (χ0v) is 22.3. The fourth-order valence-electron chi connectivity index (χ4n) is 4.17. The van der Waals surface area contributed by atoms with Gasteiger partial charge in [0.1, 0.15) is 13.2 Å². The molecule has 0 spiro atoms. The lowest BCUT2D eigenvalue weighted by atomic mass is 10.1. The number of esters is 1. The summed E-state index contributed by atoms with van der Waals surface area (Å²) < 4.78 is 17.7. The summed E-state index contributed by atoms with van der Waals surface area (Å²) in [4.78, 5) is 12.1. The minimum Gasteiger partial charge on any atom is -0.485 e. The molecular formula is C33H42O4. The summed E-state index contributed by atoms with van der Waals surface area (Å²) in [5.41, 5.74) is 3.25. The van der Waals surface area contributed by atoms with Crippen LogP contribution in [-0.4, -0.2) is 12.6 Å². The van der Waals surface area contributed by atoms with E-state index in [2.05, 4.69) is 6.92 Å². The zero-order chi connectivity index (χ0) is 26.0. The van der Waals surface area contributed by atoms with E-state index < -0.39 is 0 Å². The van der Waals surface area contributed by atoms with Crippen LogP contribution < -0.4 is 9.47 Å². The van der Waals surface area contributed by atoms with Crippen molar-refractivity contribution in [3.63, 3.8) is 0 Å². The molecule has 3 aromatic carbocycles. The van der Waals surface area contributed by atoms with E-state index in [4.69, 9.17) is 14.2 Å². The minimum atomic E-state index is -0.102. The average molecular weight is 503 g/mol. The molecule has 198 valence electrons. The summed E-state index contributed by atoms with van der Waals surface area (Å²) in [6, 6.07) is 26.1. The zero-order valence-electron chi connectivity index (χ0n) is 22.3. The fraction of sp³-hybridized carbons (Fsp3) is 0.424. The van der Waals surface area contributed by atoms with Gasteiger partial charge in [-0.15, -0.1) is 0 Å². The Morgan fingerprint density at radius 3 is 1.81 bits per heavy atom. The van der Waals surface area contributed by atoms with Gasteiger partial charge in [0.25, 0.3) is 0 Å². The highest BCUT2D eigenvalue weighted by Gasteiger charge is 2.10. The molecule has 4 nitrogen and oxygen atoms in total. The molecule has 37 heavy (non-hydrogen) atoms. The number of hydrogen-bond acceptors (Lipinski definition) is 4. The van der Waals surface area contributed by atoms with Crippen LogP contribution in [-0.2, 0) is 29.2 Å². The van der Waals surface area contributed by atoms with E-state index in [1.807, 2.05) is 78.9 Å². The molecule has 0 aliphatic carbocycles. The first-order valence-electron chi connectivity index (χ1n) is 13.9. The molecule has 0 atom stereocenters. The maximum Gasteiger partial charge on any atom is 0.305 e. The molecule has 0 aromatic heterocycles. The van der Waals surface area contributed by atoms with E-state index >= 15 is 0 Å². The molecule has 0 bridgehead atoms. The van der Waals surface area contributed by atoms with Gasteiger partial charge in [0.05, 0.1) is 6.61 Å². The Hall–Kier alpha value is -3.27. The van der Waals surface area contributed by atoms with E-state index in [1.165, 1.54) is 38.5 Å². The van der Waals surface area contributed by atoms with Gasteiger partial charge in [-0.25, -0.2) is 0 Å². The van der Waals surface area contributed by atoms with Crippen LogP contribution in [0.3, 0.4) is 0 Å². The van der Waals surface area contributed by atoms with Gasteiger partial charge in [-0.05, 0) is 35.2 Å². The molecule has 0 aliphatic rings. The van der Waals surface area contributed by atoms with Gasteiger partial charge in [0.2, 0.25) is 0 Å². The van der Waals surface area contributed by atoms with Crippen molar-refractivity contribution in [3.8, 4) is 11.5 Å². The molecule has 0 N–H and O–H groups in total. The predicted octanol–water partition coefficient (Wildman–Crippen LogP) is 8.46. The van der Waals surface area contributed by atoms with Crippen molar-refractivity contribution in [3.05, 3.63) is 95.6 Å². The molecule has 0 unspecified atom stereocenters. The second-order valence-corrected chi connectivity index (χ2v) is 9.52. The highest BCUT2D eigenvalue weighted by atomic mass is 16.5. The van der Waals surface area contributed by atoms with Gasteiger partial charge in [0, 0.05) is 12.8 Å². The maximum atomic E-state index is 12.1. The Balaban J connectivity index is 1.45. The van der Waals surface area contributed by atoms with E-state index in [0.29, 0.717) is 44.2 Å². The lowest BCUT2D eigenvalue weighted by Gasteiger charge is -2.15. The monoisotopic (exact) mass is 502 g/mol. The fourth-order valence-corrected chi connectivity index (χ4v) is 4.17. The minimum absolute atomic E-state index is 0.102. The summed E-state index contributed by atoms with van der Waals surface area (Å²) in [7, 11) is 0. The van der Waals surface area contributed by atoms with Gasteiger partial charge >= 0.3 is 5.97 Å². The highest BCUT2D eigenvalue weighted by molar-refractivity contribution is 5.69. The summed E-state index contributed by atoms with van der Waals surface area (Å²) in [6.45, 7) is 3.54.